The lowest BCUT2D eigenvalue weighted by atomic mass is 9.78. The van der Waals surface area contributed by atoms with Crippen LogP contribution in [0.15, 0.2) is 59.4 Å². The number of carbonyl (C=O) groups is 3. The first-order valence-electron chi connectivity index (χ1n) is 12.4. The van der Waals surface area contributed by atoms with Crippen LogP contribution in [-0.2, 0) is 14.3 Å². The van der Waals surface area contributed by atoms with E-state index in [2.05, 4.69) is 16.7 Å². The van der Waals surface area contributed by atoms with Crippen LogP contribution in [0.4, 0.5) is 4.79 Å². The smallest absolute Gasteiger partial charge is 0.408 e. The van der Waals surface area contributed by atoms with Crippen LogP contribution in [0.1, 0.15) is 39.5 Å². The molecule has 0 bridgehead atoms. The summed E-state index contributed by atoms with van der Waals surface area (Å²) in [6.45, 7) is 4.07. The molecule has 4 rings (SSSR count). The van der Waals surface area contributed by atoms with Gasteiger partial charge in [0.1, 0.15) is 18.7 Å². The first kappa shape index (κ1) is 25.5. The predicted octanol–water partition coefficient (Wildman–Crippen LogP) is 2.35. The lowest BCUT2D eigenvalue weighted by Gasteiger charge is -2.28. The molecule has 2 aliphatic carbocycles. The maximum absolute atomic E-state index is 13.7. The largest absolute Gasteiger partial charge is 0.445 e. The second-order valence-electron chi connectivity index (χ2n) is 10.1. The van der Waals surface area contributed by atoms with Crippen LogP contribution in [0.3, 0.4) is 0 Å². The van der Waals surface area contributed by atoms with Crippen molar-refractivity contribution >= 4 is 17.9 Å². The van der Waals surface area contributed by atoms with Gasteiger partial charge in [0.2, 0.25) is 11.8 Å². The van der Waals surface area contributed by atoms with Gasteiger partial charge in [0.15, 0.2) is 0 Å². The number of likely N-dealkylation sites (tertiary alicyclic amines) is 1. The molecule has 9 nitrogen and oxygen atoms in total. The first-order valence-corrected chi connectivity index (χ1v) is 12.4. The summed E-state index contributed by atoms with van der Waals surface area (Å²) in [7, 11) is 0. The van der Waals surface area contributed by atoms with Crippen molar-refractivity contribution < 1.29 is 19.1 Å². The van der Waals surface area contributed by atoms with Crippen molar-refractivity contribution in [3.05, 3.63) is 59.4 Å². The average molecular weight is 492 g/mol. The Kier molecular flexibility index (Phi) is 7.45. The van der Waals surface area contributed by atoms with Crippen LogP contribution in [-0.4, -0.2) is 54.1 Å². The third kappa shape index (κ3) is 5.14. The zero-order valence-electron chi connectivity index (χ0n) is 20.7. The summed E-state index contributed by atoms with van der Waals surface area (Å²) in [6, 6.07) is 0.212. The number of hydrogen-bond donors (Lipinski definition) is 3. The number of nitrogens with two attached hydrogens (primary N) is 1. The highest BCUT2D eigenvalue weighted by atomic mass is 16.5. The van der Waals surface area contributed by atoms with Crippen molar-refractivity contribution in [2.45, 2.75) is 57.7 Å². The molecule has 0 saturated carbocycles. The molecule has 0 aromatic heterocycles. The second kappa shape index (κ2) is 10.5. The van der Waals surface area contributed by atoms with Gasteiger partial charge in [-0.05, 0) is 42.4 Å². The van der Waals surface area contributed by atoms with Crippen molar-refractivity contribution in [1.29, 1.82) is 5.26 Å². The molecule has 2 aliphatic heterocycles. The number of fused-ring (bicyclic) bond motifs is 1. The number of allylic oxidation sites excluding steroid dienone is 4. The second-order valence-corrected chi connectivity index (χ2v) is 10.1. The fourth-order valence-electron chi connectivity index (χ4n) is 5.16. The van der Waals surface area contributed by atoms with Crippen molar-refractivity contribution in [1.82, 2.24) is 15.5 Å². The van der Waals surface area contributed by atoms with Gasteiger partial charge in [-0.3, -0.25) is 9.59 Å². The van der Waals surface area contributed by atoms with E-state index in [1.165, 1.54) is 4.90 Å². The third-order valence-corrected chi connectivity index (χ3v) is 6.99. The molecular weight excluding hydrogens is 458 g/mol. The maximum atomic E-state index is 13.7. The molecule has 190 valence electrons. The summed E-state index contributed by atoms with van der Waals surface area (Å²) in [5.74, 6) is -0.539. The first-order chi connectivity index (χ1) is 17.2. The molecule has 0 radical (unpaired) electrons. The molecule has 2 heterocycles. The molecule has 1 fully saturated rings. The molecule has 1 spiro atoms. The number of rotatable bonds is 6. The van der Waals surface area contributed by atoms with E-state index in [0.29, 0.717) is 12.1 Å². The Morgan fingerprint density at radius 3 is 2.78 bits per heavy atom. The van der Waals surface area contributed by atoms with Crippen LogP contribution >= 0.6 is 0 Å². The molecule has 4 N–H and O–H groups in total. The zero-order valence-corrected chi connectivity index (χ0v) is 20.7. The Hall–Kier alpha value is -3.64. The lowest BCUT2D eigenvalue weighted by Crippen LogP contribution is -2.51. The number of nitrogens with one attached hydrogen (secondary N) is 2. The summed E-state index contributed by atoms with van der Waals surface area (Å²) in [6.07, 6.45) is 14.9. The Labute approximate surface area is 211 Å². The summed E-state index contributed by atoms with van der Waals surface area (Å²) < 4.78 is 5.36. The van der Waals surface area contributed by atoms with E-state index in [-0.39, 0.29) is 37.4 Å². The molecule has 0 aromatic carbocycles. The average Bonchev–Trinajstić information content (AvgIpc) is 3.30. The quantitative estimate of drug-likeness (QED) is 0.522. The van der Waals surface area contributed by atoms with E-state index in [1.807, 2.05) is 38.2 Å². The minimum Gasteiger partial charge on any atom is -0.445 e. The van der Waals surface area contributed by atoms with E-state index in [4.69, 9.17) is 10.5 Å². The molecule has 4 unspecified atom stereocenters. The van der Waals surface area contributed by atoms with E-state index in [1.54, 1.807) is 18.2 Å². The summed E-state index contributed by atoms with van der Waals surface area (Å²) in [4.78, 5) is 40.9. The lowest BCUT2D eigenvalue weighted by molar-refractivity contribution is -0.134. The molecular formula is C27H33N5O4. The van der Waals surface area contributed by atoms with Gasteiger partial charge in [0, 0.05) is 24.7 Å². The summed E-state index contributed by atoms with van der Waals surface area (Å²) in [5, 5.41) is 15.5. The summed E-state index contributed by atoms with van der Waals surface area (Å²) in [5.41, 5.74) is 7.25. The van der Waals surface area contributed by atoms with E-state index in [9.17, 15) is 19.6 Å². The minimum atomic E-state index is -1.04. The molecule has 1 saturated heterocycles. The van der Waals surface area contributed by atoms with E-state index >= 15 is 0 Å². The van der Waals surface area contributed by atoms with Crippen LogP contribution in [0.25, 0.3) is 0 Å². The van der Waals surface area contributed by atoms with Gasteiger partial charge in [-0.25, -0.2) is 4.79 Å². The highest BCUT2D eigenvalue weighted by molar-refractivity contribution is 5.95. The molecule has 0 aromatic rings. The fraction of sp³-hybridized carbons (Fsp3) is 0.481. The Bertz CT molecular complexity index is 1130. The fourth-order valence-corrected chi connectivity index (χ4v) is 5.16. The topological polar surface area (TPSA) is 138 Å². The Morgan fingerprint density at radius 1 is 1.31 bits per heavy atom. The number of amides is 3. The van der Waals surface area contributed by atoms with Crippen molar-refractivity contribution in [3.8, 4) is 6.07 Å². The normalized spacial score (nSPS) is 27.5. The number of carbonyl (C=O) groups excluding carboxylic acids is 3. The molecule has 3 amide bonds. The third-order valence-electron chi connectivity index (χ3n) is 6.99. The van der Waals surface area contributed by atoms with Crippen LogP contribution in [0, 0.1) is 22.7 Å². The number of nitriles is 1. The summed E-state index contributed by atoms with van der Waals surface area (Å²) >= 11 is 0. The van der Waals surface area contributed by atoms with Crippen LogP contribution in [0.2, 0.25) is 0 Å². The highest BCUT2D eigenvalue weighted by Crippen LogP contribution is 2.47. The number of nitrogens with zero attached hydrogens (tertiary/aromatic N) is 2. The maximum Gasteiger partial charge on any atom is 0.408 e. The van der Waals surface area contributed by atoms with Crippen molar-refractivity contribution in [2.75, 3.05) is 13.2 Å². The SMILES string of the molecule is CC(C)CC(NC(=O)OCC1=CCCC=C1)C(=O)N1CC2(CC1C#N)C(=O)NC1=C2C=CC(N)C=C1. The van der Waals surface area contributed by atoms with Gasteiger partial charge in [0.05, 0.1) is 11.5 Å². The molecule has 4 atom stereocenters. The highest BCUT2D eigenvalue weighted by Gasteiger charge is 2.57. The minimum absolute atomic E-state index is 0.0468. The standard InChI is InChI=1S/C27H33N5O4/c1-17(2)12-23(31-26(35)36-15-18-6-4-3-5-7-18)24(33)32-16-27(13-20(32)14-28)21-10-8-19(29)9-11-22(21)30-25(27)34/h4,6-11,17,19-20,23H,3,5,12-13,15-16,29H2,1-2H3,(H,30,34)(H,31,35). The zero-order chi connectivity index (χ0) is 25.9. The van der Waals surface area contributed by atoms with Gasteiger partial charge in [-0.2, -0.15) is 5.26 Å². The molecule has 36 heavy (non-hydrogen) atoms. The van der Waals surface area contributed by atoms with Gasteiger partial charge in [-0.1, -0.05) is 50.3 Å². The van der Waals surface area contributed by atoms with Crippen LogP contribution in [0.5, 0.6) is 0 Å². The van der Waals surface area contributed by atoms with E-state index in [0.717, 1.165) is 24.0 Å². The Balaban J connectivity index is 1.52. The number of alkyl carbamates (subject to hydrolysis) is 1. The Morgan fingerprint density at radius 2 is 2.08 bits per heavy atom. The number of ether oxygens (including phenoxy) is 1. The van der Waals surface area contributed by atoms with Gasteiger partial charge in [0.25, 0.3) is 0 Å². The predicted molar refractivity (Wildman–Crippen MR) is 134 cm³/mol. The van der Waals surface area contributed by atoms with E-state index < -0.39 is 29.5 Å². The van der Waals surface area contributed by atoms with Gasteiger partial charge < -0.3 is 26.0 Å². The van der Waals surface area contributed by atoms with Gasteiger partial charge in [-0.15, -0.1) is 0 Å². The van der Waals surface area contributed by atoms with Crippen molar-refractivity contribution in [3.63, 3.8) is 0 Å². The molecule has 9 heteroatoms. The molecule has 4 aliphatic rings. The monoisotopic (exact) mass is 491 g/mol. The van der Waals surface area contributed by atoms with Crippen molar-refractivity contribution in [2.24, 2.45) is 17.1 Å². The van der Waals surface area contributed by atoms with Gasteiger partial charge >= 0.3 is 6.09 Å². The number of hydrogen-bond acceptors (Lipinski definition) is 6. The van der Waals surface area contributed by atoms with Crippen LogP contribution < -0.4 is 16.4 Å².